The number of carbonyl (C=O) groups is 3. The Hall–Kier alpha value is -3.55. The second-order valence-electron chi connectivity index (χ2n) is 4.79. The second kappa shape index (κ2) is 6.92. The zero-order valence-corrected chi connectivity index (χ0v) is 12.6. The van der Waals surface area contributed by atoms with Crippen LogP contribution in [0.2, 0.25) is 0 Å². The van der Waals surface area contributed by atoms with Gasteiger partial charge in [0.1, 0.15) is 17.2 Å². The number of hydrogen-bond donors (Lipinski definition) is 0. The predicted octanol–water partition coefficient (Wildman–Crippen LogP) is 2.62. The van der Waals surface area contributed by atoms with Crippen molar-refractivity contribution in [3.63, 3.8) is 0 Å². The van der Waals surface area contributed by atoms with Crippen molar-refractivity contribution in [2.24, 2.45) is 0 Å². The van der Waals surface area contributed by atoms with Crippen molar-refractivity contribution in [3.8, 4) is 11.5 Å². The van der Waals surface area contributed by atoms with E-state index < -0.39 is 17.6 Å². The molecule has 25 heavy (non-hydrogen) atoms. The molecular formula is C17H9BO7. The summed E-state index contributed by atoms with van der Waals surface area (Å²) in [6.45, 7) is 0. The van der Waals surface area contributed by atoms with Gasteiger partial charge in [-0.3, -0.25) is 0 Å². The maximum absolute atomic E-state index is 11.9. The maximum atomic E-state index is 11.9. The zero-order chi connectivity index (χ0) is 17.8. The summed E-state index contributed by atoms with van der Waals surface area (Å²) in [4.78, 5) is 35.3. The van der Waals surface area contributed by atoms with Gasteiger partial charge in [0.05, 0.1) is 12.5 Å². The molecular weight excluding hydrogens is 327 g/mol. The standard InChI is InChI=1S/C17H9BO7/c18-15(19)10-7-11(24-16(20)13-3-1-5-22-13)9-12(8-10)25-17(21)14-4-2-6-23-14/h1-9H. The molecule has 0 bridgehead atoms. The van der Waals surface area contributed by atoms with Crippen molar-refractivity contribution in [2.45, 2.75) is 0 Å². The number of furan rings is 2. The molecule has 0 aliphatic heterocycles. The molecule has 0 saturated carbocycles. The first-order valence-electron chi connectivity index (χ1n) is 6.99. The fraction of sp³-hybridized carbons (Fsp3) is 0. The summed E-state index contributed by atoms with van der Waals surface area (Å²) >= 11 is 0. The van der Waals surface area contributed by atoms with Gasteiger partial charge in [-0.25, -0.2) is 9.59 Å². The summed E-state index contributed by atoms with van der Waals surface area (Å²) in [7, 11) is 5.25. The SMILES string of the molecule is [B]C(=O)c1cc(OC(=O)c2ccco2)cc(OC(=O)c2ccco2)c1. The molecule has 0 aliphatic carbocycles. The molecule has 7 nitrogen and oxygen atoms in total. The summed E-state index contributed by atoms with van der Waals surface area (Å²) in [5, 5.41) is 0. The van der Waals surface area contributed by atoms with E-state index in [2.05, 4.69) is 0 Å². The van der Waals surface area contributed by atoms with Crippen LogP contribution in [-0.2, 0) is 0 Å². The summed E-state index contributed by atoms with van der Waals surface area (Å²) in [5.74, 6) is -1.71. The minimum Gasteiger partial charge on any atom is -0.457 e. The van der Waals surface area contributed by atoms with E-state index in [-0.39, 0.29) is 28.6 Å². The molecule has 2 radical (unpaired) electrons. The highest BCUT2D eigenvalue weighted by molar-refractivity contribution is 6.62. The molecule has 0 unspecified atom stereocenters. The normalized spacial score (nSPS) is 10.2. The lowest BCUT2D eigenvalue weighted by Crippen LogP contribution is -2.11. The topological polar surface area (TPSA) is 96.0 Å². The minimum atomic E-state index is -0.786. The number of esters is 2. The molecule has 0 aliphatic rings. The van der Waals surface area contributed by atoms with Crippen molar-refractivity contribution < 1.29 is 32.7 Å². The van der Waals surface area contributed by atoms with Gasteiger partial charge in [0, 0.05) is 11.6 Å². The van der Waals surface area contributed by atoms with Gasteiger partial charge in [-0.05, 0) is 36.4 Å². The quantitative estimate of drug-likeness (QED) is 0.401. The van der Waals surface area contributed by atoms with E-state index in [0.717, 1.165) is 0 Å². The fourth-order valence-electron chi connectivity index (χ4n) is 1.94. The van der Waals surface area contributed by atoms with Gasteiger partial charge in [0.25, 0.3) is 0 Å². The van der Waals surface area contributed by atoms with Crippen LogP contribution in [0.1, 0.15) is 31.5 Å². The summed E-state index contributed by atoms with van der Waals surface area (Å²) in [6, 6.07) is 9.62. The van der Waals surface area contributed by atoms with Crippen LogP contribution in [0, 0.1) is 0 Å². The molecule has 2 aromatic heterocycles. The average molecular weight is 336 g/mol. The van der Waals surface area contributed by atoms with Crippen molar-refractivity contribution >= 4 is 25.5 Å². The molecule has 3 aromatic rings. The van der Waals surface area contributed by atoms with Crippen molar-refractivity contribution in [3.05, 3.63) is 72.1 Å². The number of carbonyl (C=O) groups excluding carboxylic acids is 3. The molecule has 0 N–H and O–H groups in total. The average Bonchev–Trinajstić information content (AvgIpc) is 3.28. The van der Waals surface area contributed by atoms with Gasteiger partial charge >= 0.3 is 11.9 Å². The predicted molar refractivity (Wildman–Crippen MR) is 83.9 cm³/mol. The highest BCUT2D eigenvalue weighted by Gasteiger charge is 2.16. The van der Waals surface area contributed by atoms with E-state index >= 15 is 0 Å². The number of ether oxygens (including phenoxy) is 2. The van der Waals surface area contributed by atoms with Crippen LogP contribution in [0.25, 0.3) is 0 Å². The van der Waals surface area contributed by atoms with Gasteiger partial charge in [0.15, 0.2) is 7.85 Å². The van der Waals surface area contributed by atoms with Crippen molar-refractivity contribution in [1.82, 2.24) is 0 Å². The Balaban J connectivity index is 1.85. The second-order valence-corrected chi connectivity index (χ2v) is 4.79. The first kappa shape index (κ1) is 16.3. The van der Waals surface area contributed by atoms with Gasteiger partial charge in [-0.2, -0.15) is 0 Å². The molecule has 2 heterocycles. The van der Waals surface area contributed by atoms with Crippen LogP contribution in [0.3, 0.4) is 0 Å². The van der Waals surface area contributed by atoms with Crippen molar-refractivity contribution in [2.75, 3.05) is 0 Å². The largest absolute Gasteiger partial charge is 0.457 e. The molecule has 122 valence electrons. The molecule has 3 rings (SSSR count). The van der Waals surface area contributed by atoms with E-state index in [1.54, 1.807) is 0 Å². The highest BCUT2D eigenvalue weighted by Crippen LogP contribution is 2.25. The Labute approximate surface area is 142 Å². The third kappa shape index (κ3) is 3.87. The first-order valence-corrected chi connectivity index (χ1v) is 6.99. The van der Waals surface area contributed by atoms with Crippen molar-refractivity contribution in [1.29, 1.82) is 0 Å². The Bertz CT molecular complexity index is 844. The Morgan fingerprint density at radius 2 is 1.28 bits per heavy atom. The van der Waals surface area contributed by atoms with E-state index in [1.807, 2.05) is 0 Å². The van der Waals surface area contributed by atoms with Crippen LogP contribution >= 0.6 is 0 Å². The van der Waals surface area contributed by atoms with Crippen LogP contribution in [0.4, 0.5) is 0 Å². The van der Waals surface area contributed by atoms with Crippen LogP contribution < -0.4 is 9.47 Å². The minimum absolute atomic E-state index is 0.00742. The lowest BCUT2D eigenvalue weighted by molar-refractivity contribution is 0.0697. The maximum Gasteiger partial charge on any atom is 0.379 e. The molecule has 0 spiro atoms. The molecule has 0 saturated heterocycles. The molecule has 8 heteroatoms. The van der Waals surface area contributed by atoms with Crippen LogP contribution in [0.5, 0.6) is 11.5 Å². The highest BCUT2D eigenvalue weighted by atomic mass is 16.6. The van der Waals surface area contributed by atoms with E-state index in [1.165, 1.54) is 55.0 Å². The van der Waals surface area contributed by atoms with Crippen LogP contribution in [-0.4, -0.2) is 25.5 Å². The summed E-state index contributed by atoms with van der Waals surface area (Å²) < 4.78 is 20.1. The van der Waals surface area contributed by atoms with Gasteiger partial charge in [-0.15, -0.1) is 0 Å². The Morgan fingerprint density at radius 1 is 0.800 bits per heavy atom. The van der Waals surface area contributed by atoms with Gasteiger partial charge in [-0.1, -0.05) is 0 Å². The van der Waals surface area contributed by atoms with Gasteiger partial charge < -0.3 is 23.1 Å². The summed E-state index contributed by atoms with van der Waals surface area (Å²) in [5.41, 5.74) is -0.793. The monoisotopic (exact) mass is 336 g/mol. The smallest absolute Gasteiger partial charge is 0.379 e. The number of rotatable bonds is 5. The molecule has 1 aromatic carbocycles. The molecule has 0 fully saturated rings. The third-order valence-electron chi connectivity index (χ3n) is 3.03. The third-order valence-corrected chi connectivity index (χ3v) is 3.03. The van der Waals surface area contributed by atoms with Crippen LogP contribution in [0.15, 0.2) is 63.8 Å². The molecule has 0 atom stereocenters. The Morgan fingerprint density at radius 3 is 1.64 bits per heavy atom. The lowest BCUT2D eigenvalue weighted by atomic mass is 9.94. The zero-order valence-electron chi connectivity index (χ0n) is 12.6. The fourth-order valence-corrected chi connectivity index (χ4v) is 1.94. The first-order chi connectivity index (χ1) is 12.0. The molecule has 0 amide bonds. The van der Waals surface area contributed by atoms with E-state index in [4.69, 9.17) is 26.2 Å². The number of benzene rings is 1. The van der Waals surface area contributed by atoms with Gasteiger partial charge in [0.2, 0.25) is 11.5 Å². The summed E-state index contributed by atoms with van der Waals surface area (Å²) in [6.07, 6.45) is 2.62. The lowest BCUT2D eigenvalue weighted by Gasteiger charge is -2.08. The van der Waals surface area contributed by atoms with E-state index in [9.17, 15) is 14.4 Å². The Kier molecular flexibility index (Phi) is 4.51. The van der Waals surface area contributed by atoms with E-state index in [0.29, 0.717) is 0 Å². The number of hydrogen-bond acceptors (Lipinski definition) is 7.